The van der Waals surface area contributed by atoms with Gasteiger partial charge in [-0.05, 0) is 44.0 Å². The van der Waals surface area contributed by atoms with E-state index in [1.165, 1.54) is 0 Å². The fourth-order valence-corrected chi connectivity index (χ4v) is 2.23. The first-order chi connectivity index (χ1) is 11.5. The van der Waals surface area contributed by atoms with E-state index in [1.54, 1.807) is 24.3 Å². The summed E-state index contributed by atoms with van der Waals surface area (Å²) in [6, 6.07) is 13.5. The molecule has 0 heterocycles. The van der Waals surface area contributed by atoms with E-state index in [9.17, 15) is 9.90 Å². The van der Waals surface area contributed by atoms with E-state index in [0.29, 0.717) is 18.7 Å². The lowest BCUT2D eigenvalue weighted by Gasteiger charge is -2.16. The molecule has 0 saturated carbocycles. The predicted molar refractivity (Wildman–Crippen MR) is 94.8 cm³/mol. The van der Waals surface area contributed by atoms with E-state index < -0.39 is 6.04 Å². The first-order valence-electron chi connectivity index (χ1n) is 7.99. The topological polar surface area (TPSA) is 84.6 Å². The average Bonchev–Trinajstić information content (AvgIpc) is 2.56. The van der Waals surface area contributed by atoms with Gasteiger partial charge in [0, 0.05) is 11.3 Å². The van der Waals surface area contributed by atoms with Crippen molar-refractivity contribution in [3.05, 3.63) is 59.7 Å². The van der Waals surface area contributed by atoms with Crippen molar-refractivity contribution in [3.63, 3.8) is 0 Å². The molecule has 0 saturated heterocycles. The third kappa shape index (κ3) is 5.37. The number of nitrogens with two attached hydrogens (primary N) is 1. The Morgan fingerprint density at radius 3 is 2.50 bits per heavy atom. The van der Waals surface area contributed by atoms with Gasteiger partial charge in [-0.15, -0.1) is 0 Å². The van der Waals surface area contributed by atoms with E-state index in [4.69, 9.17) is 10.5 Å². The summed E-state index contributed by atoms with van der Waals surface area (Å²) in [5, 5.41) is 12.2. The van der Waals surface area contributed by atoms with Crippen molar-refractivity contribution in [2.24, 2.45) is 5.73 Å². The van der Waals surface area contributed by atoms with Crippen LogP contribution in [0.25, 0.3) is 0 Å². The molecule has 0 bridgehead atoms. The molecule has 0 aliphatic carbocycles. The molecule has 2 aromatic carbocycles. The van der Waals surface area contributed by atoms with Crippen LogP contribution in [-0.2, 0) is 22.6 Å². The molecule has 2 rings (SSSR count). The van der Waals surface area contributed by atoms with Gasteiger partial charge in [-0.3, -0.25) is 4.79 Å². The van der Waals surface area contributed by atoms with Crippen LogP contribution in [0.1, 0.15) is 25.0 Å². The normalized spacial score (nSPS) is 12.2. The van der Waals surface area contributed by atoms with Crippen LogP contribution in [0, 0.1) is 0 Å². The van der Waals surface area contributed by atoms with E-state index in [2.05, 4.69) is 5.32 Å². The number of ether oxygens (including phenoxy) is 1. The molecule has 24 heavy (non-hydrogen) atoms. The zero-order chi connectivity index (χ0) is 17.5. The zero-order valence-electron chi connectivity index (χ0n) is 14.0. The number of phenols is 1. The number of aromatic hydroxyl groups is 1. The molecule has 0 unspecified atom stereocenters. The van der Waals surface area contributed by atoms with E-state index in [1.807, 2.05) is 38.1 Å². The molecular weight excluding hydrogens is 304 g/mol. The van der Waals surface area contributed by atoms with Crippen LogP contribution in [0.4, 0.5) is 5.69 Å². The highest BCUT2D eigenvalue weighted by Gasteiger charge is 2.16. The van der Waals surface area contributed by atoms with Crippen LogP contribution in [0.15, 0.2) is 48.5 Å². The average molecular weight is 328 g/mol. The maximum absolute atomic E-state index is 12.3. The van der Waals surface area contributed by atoms with Crippen molar-refractivity contribution in [2.75, 3.05) is 5.32 Å². The van der Waals surface area contributed by atoms with Crippen LogP contribution in [0.5, 0.6) is 5.75 Å². The second-order valence-electron chi connectivity index (χ2n) is 5.98. The van der Waals surface area contributed by atoms with E-state index in [-0.39, 0.29) is 17.8 Å². The van der Waals surface area contributed by atoms with Crippen molar-refractivity contribution in [3.8, 4) is 5.75 Å². The summed E-state index contributed by atoms with van der Waals surface area (Å²) >= 11 is 0. The maximum Gasteiger partial charge on any atom is 0.241 e. The maximum atomic E-state index is 12.3. The largest absolute Gasteiger partial charge is 0.508 e. The number of hydrogen-bond donors (Lipinski definition) is 3. The summed E-state index contributed by atoms with van der Waals surface area (Å²) in [5.74, 6) is -0.0593. The van der Waals surface area contributed by atoms with Gasteiger partial charge in [-0.1, -0.05) is 30.3 Å². The van der Waals surface area contributed by atoms with Crippen molar-refractivity contribution in [2.45, 2.75) is 39.0 Å². The molecule has 2 aromatic rings. The number of rotatable bonds is 7. The van der Waals surface area contributed by atoms with Crippen LogP contribution in [-0.4, -0.2) is 23.2 Å². The minimum Gasteiger partial charge on any atom is -0.508 e. The van der Waals surface area contributed by atoms with Crippen molar-refractivity contribution < 1.29 is 14.6 Å². The molecule has 5 nitrogen and oxygen atoms in total. The van der Waals surface area contributed by atoms with Gasteiger partial charge in [-0.2, -0.15) is 0 Å². The number of anilines is 1. The summed E-state index contributed by atoms with van der Waals surface area (Å²) in [7, 11) is 0. The van der Waals surface area contributed by atoms with E-state index in [0.717, 1.165) is 11.1 Å². The van der Waals surface area contributed by atoms with Crippen molar-refractivity contribution in [1.82, 2.24) is 0 Å². The number of para-hydroxylation sites is 1. The summed E-state index contributed by atoms with van der Waals surface area (Å²) in [6.45, 7) is 4.37. The molecule has 5 heteroatoms. The number of amides is 1. The van der Waals surface area contributed by atoms with Crippen LogP contribution in [0.2, 0.25) is 0 Å². The van der Waals surface area contributed by atoms with Gasteiger partial charge in [0.2, 0.25) is 5.91 Å². The van der Waals surface area contributed by atoms with Crippen LogP contribution in [0.3, 0.4) is 0 Å². The van der Waals surface area contributed by atoms with Crippen molar-refractivity contribution >= 4 is 11.6 Å². The number of benzene rings is 2. The number of carbonyl (C=O) groups is 1. The fourth-order valence-electron chi connectivity index (χ4n) is 2.23. The first-order valence-corrected chi connectivity index (χ1v) is 7.99. The van der Waals surface area contributed by atoms with Gasteiger partial charge in [0.15, 0.2) is 0 Å². The standard InChI is InChI=1S/C19H24N2O3/c1-13(2)24-12-15-5-3-4-6-18(15)21-19(23)17(20)11-14-7-9-16(22)10-8-14/h3-10,13,17,22H,11-12,20H2,1-2H3,(H,21,23)/t17-/m1/s1. The molecule has 0 fully saturated rings. The minimum absolute atomic E-state index is 0.116. The van der Waals surface area contributed by atoms with Gasteiger partial charge >= 0.3 is 0 Å². The van der Waals surface area contributed by atoms with Crippen LogP contribution < -0.4 is 11.1 Å². The number of phenolic OH excluding ortho intramolecular Hbond substituents is 1. The molecule has 0 aliphatic rings. The minimum atomic E-state index is -0.673. The molecule has 0 radical (unpaired) electrons. The SMILES string of the molecule is CC(C)OCc1ccccc1NC(=O)[C@H](N)Cc1ccc(O)cc1. The molecule has 1 amide bonds. The Morgan fingerprint density at radius 1 is 1.17 bits per heavy atom. The molecular formula is C19H24N2O3. The van der Waals surface area contributed by atoms with E-state index >= 15 is 0 Å². The first kappa shape index (κ1) is 18.0. The molecule has 0 spiro atoms. The van der Waals surface area contributed by atoms with Gasteiger partial charge in [0.25, 0.3) is 0 Å². The lowest BCUT2D eigenvalue weighted by Crippen LogP contribution is -2.37. The zero-order valence-corrected chi connectivity index (χ0v) is 14.0. The van der Waals surface area contributed by atoms with Gasteiger partial charge < -0.3 is 20.9 Å². The predicted octanol–water partition coefficient (Wildman–Crippen LogP) is 2.83. The summed E-state index contributed by atoms with van der Waals surface area (Å²) in [6.07, 6.45) is 0.516. The highest BCUT2D eigenvalue weighted by atomic mass is 16.5. The monoisotopic (exact) mass is 328 g/mol. The second-order valence-corrected chi connectivity index (χ2v) is 5.98. The highest BCUT2D eigenvalue weighted by Crippen LogP contribution is 2.17. The fraction of sp³-hybridized carbons (Fsp3) is 0.316. The Hall–Kier alpha value is -2.37. The quantitative estimate of drug-likeness (QED) is 0.729. The smallest absolute Gasteiger partial charge is 0.241 e. The highest BCUT2D eigenvalue weighted by molar-refractivity contribution is 5.95. The number of carbonyl (C=O) groups excluding carboxylic acids is 1. The van der Waals surface area contributed by atoms with Crippen molar-refractivity contribution in [1.29, 1.82) is 0 Å². The Balaban J connectivity index is 1.99. The molecule has 1 atom stereocenters. The Kier molecular flexibility index (Phi) is 6.35. The number of hydrogen-bond acceptors (Lipinski definition) is 4. The summed E-state index contributed by atoms with van der Waals surface area (Å²) in [4.78, 5) is 12.3. The number of nitrogens with one attached hydrogen (secondary N) is 1. The molecule has 0 aromatic heterocycles. The molecule has 128 valence electrons. The van der Waals surface area contributed by atoms with Gasteiger partial charge in [0.1, 0.15) is 5.75 Å². The Morgan fingerprint density at radius 2 is 1.83 bits per heavy atom. The lowest BCUT2D eigenvalue weighted by molar-refractivity contribution is -0.117. The lowest BCUT2D eigenvalue weighted by atomic mass is 10.1. The third-order valence-corrected chi connectivity index (χ3v) is 3.58. The van der Waals surface area contributed by atoms with Crippen LogP contribution >= 0.6 is 0 Å². The Labute approximate surface area is 142 Å². The summed E-state index contributed by atoms with van der Waals surface area (Å²) < 4.78 is 5.61. The molecule has 0 aliphatic heterocycles. The van der Waals surface area contributed by atoms with Gasteiger partial charge in [0.05, 0.1) is 18.8 Å². The Bertz CT molecular complexity index is 669. The molecule has 4 N–H and O–H groups in total. The second kappa shape index (κ2) is 8.47. The van der Waals surface area contributed by atoms with Gasteiger partial charge in [-0.25, -0.2) is 0 Å². The summed E-state index contributed by atoms with van der Waals surface area (Å²) in [5.41, 5.74) is 8.52. The third-order valence-electron chi connectivity index (χ3n) is 3.58.